The quantitative estimate of drug-likeness (QED) is 0.841. The Balaban J connectivity index is 2.23. The summed E-state index contributed by atoms with van der Waals surface area (Å²) in [4.78, 5) is 15.5. The van der Waals surface area contributed by atoms with Crippen LogP contribution in [0.3, 0.4) is 0 Å². The third kappa shape index (κ3) is 5.37. The molecule has 0 saturated heterocycles. The van der Waals surface area contributed by atoms with Crippen molar-refractivity contribution < 1.29 is 9.53 Å². The molecule has 1 heterocycles. The van der Waals surface area contributed by atoms with E-state index in [-0.39, 0.29) is 5.97 Å². The molecule has 0 amide bonds. The van der Waals surface area contributed by atoms with Crippen LogP contribution in [0.25, 0.3) is 0 Å². The van der Waals surface area contributed by atoms with Crippen LogP contribution in [0, 0.1) is 0 Å². The molecule has 90 valence electrons. The lowest BCUT2D eigenvalue weighted by atomic mass is 10.2. The zero-order chi connectivity index (χ0) is 12.2. The number of nitrogens with zero attached hydrogens (tertiary/aromatic N) is 1. The van der Waals surface area contributed by atoms with Crippen LogP contribution in [0.15, 0.2) is 5.38 Å². The molecule has 0 aliphatic heterocycles. The summed E-state index contributed by atoms with van der Waals surface area (Å²) < 4.78 is 5.18. The fourth-order valence-corrected chi connectivity index (χ4v) is 2.35. The van der Waals surface area contributed by atoms with E-state index in [1.54, 1.807) is 0 Å². The van der Waals surface area contributed by atoms with Gasteiger partial charge in [-0.1, -0.05) is 0 Å². The standard InChI is InChI=1S/C10H16N2O2S2/c1-10(2,3)14-8(13)6-15-4-7-5-16-9(11)12-7/h5H,4,6H2,1-3H3,(H2,11,12). The molecule has 0 aliphatic rings. The van der Waals surface area contributed by atoms with Gasteiger partial charge in [0.2, 0.25) is 0 Å². The van der Waals surface area contributed by atoms with E-state index in [1.807, 2.05) is 26.2 Å². The average molecular weight is 260 g/mol. The number of anilines is 1. The van der Waals surface area contributed by atoms with Crippen molar-refractivity contribution in [2.75, 3.05) is 11.5 Å². The van der Waals surface area contributed by atoms with Crippen LogP contribution in [-0.2, 0) is 15.3 Å². The first-order chi connectivity index (χ1) is 7.37. The third-order valence-electron chi connectivity index (χ3n) is 1.46. The van der Waals surface area contributed by atoms with Gasteiger partial charge in [-0.25, -0.2) is 4.98 Å². The van der Waals surface area contributed by atoms with Crippen LogP contribution in [0.5, 0.6) is 0 Å². The minimum atomic E-state index is -0.414. The molecule has 1 rings (SSSR count). The average Bonchev–Trinajstić information content (AvgIpc) is 2.48. The lowest BCUT2D eigenvalue weighted by molar-refractivity contribution is -0.151. The molecule has 2 N–H and O–H groups in total. The third-order valence-corrected chi connectivity index (χ3v) is 3.12. The molecule has 1 aromatic rings. The minimum absolute atomic E-state index is 0.194. The van der Waals surface area contributed by atoms with E-state index >= 15 is 0 Å². The molecule has 0 atom stereocenters. The number of carbonyl (C=O) groups excluding carboxylic acids is 1. The van der Waals surface area contributed by atoms with Crippen LogP contribution < -0.4 is 5.73 Å². The molecule has 6 heteroatoms. The second kappa shape index (κ2) is 5.54. The summed E-state index contributed by atoms with van der Waals surface area (Å²) in [5.74, 6) is 0.836. The van der Waals surface area contributed by atoms with Gasteiger partial charge in [-0.3, -0.25) is 4.79 Å². The number of thiazole rings is 1. The molecule has 0 bridgehead atoms. The van der Waals surface area contributed by atoms with Crippen molar-refractivity contribution in [1.82, 2.24) is 4.98 Å². The molecular formula is C10H16N2O2S2. The lowest BCUT2D eigenvalue weighted by Crippen LogP contribution is -2.24. The van der Waals surface area contributed by atoms with Crippen LogP contribution in [-0.4, -0.2) is 22.3 Å². The number of carbonyl (C=O) groups is 1. The molecular weight excluding hydrogens is 244 g/mol. The van der Waals surface area contributed by atoms with Crippen molar-refractivity contribution in [3.63, 3.8) is 0 Å². The highest BCUT2D eigenvalue weighted by molar-refractivity contribution is 7.99. The van der Waals surface area contributed by atoms with Gasteiger partial charge in [-0.05, 0) is 20.8 Å². The fourth-order valence-electron chi connectivity index (χ4n) is 0.999. The molecule has 0 unspecified atom stereocenters. The maximum Gasteiger partial charge on any atom is 0.316 e. The number of hydrogen-bond donors (Lipinski definition) is 1. The molecule has 0 aliphatic carbocycles. The summed E-state index contributed by atoms with van der Waals surface area (Å²) in [6.45, 7) is 5.57. The second-order valence-corrected chi connectivity index (χ2v) is 6.13. The van der Waals surface area contributed by atoms with Gasteiger partial charge in [-0.2, -0.15) is 0 Å². The summed E-state index contributed by atoms with van der Waals surface area (Å²) in [6.07, 6.45) is 0. The Bertz CT molecular complexity index is 358. The number of hydrogen-bond acceptors (Lipinski definition) is 6. The van der Waals surface area contributed by atoms with Crippen molar-refractivity contribution in [2.45, 2.75) is 32.1 Å². The highest BCUT2D eigenvalue weighted by Crippen LogP contribution is 2.17. The smallest absolute Gasteiger partial charge is 0.316 e. The Morgan fingerprint density at radius 2 is 2.31 bits per heavy atom. The molecule has 4 nitrogen and oxygen atoms in total. The van der Waals surface area contributed by atoms with Crippen molar-refractivity contribution in [2.24, 2.45) is 0 Å². The van der Waals surface area contributed by atoms with Crippen LogP contribution in [0.1, 0.15) is 26.5 Å². The van der Waals surface area contributed by atoms with Gasteiger partial charge >= 0.3 is 5.97 Å². The van der Waals surface area contributed by atoms with Crippen molar-refractivity contribution in [3.05, 3.63) is 11.1 Å². The Kier molecular flexibility index (Phi) is 4.61. The Labute approximate surface area is 104 Å². The maximum absolute atomic E-state index is 11.4. The van der Waals surface area contributed by atoms with E-state index in [0.29, 0.717) is 16.6 Å². The van der Waals surface area contributed by atoms with Gasteiger partial charge < -0.3 is 10.5 Å². The van der Waals surface area contributed by atoms with Gasteiger partial charge in [0.1, 0.15) is 5.60 Å². The van der Waals surface area contributed by atoms with Gasteiger partial charge in [0.25, 0.3) is 0 Å². The molecule has 0 spiro atoms. The van der Waals surface area contributed by atoms with Crippen LogP contribution >= 0.6 is 23.1 Å². The molecule has 16 heavy (non-hydrogen) atoms. The van der Waals surface area contributed by atoms with Crippen molar-refractivity contribution >= 4 is 34.2 Å². The van der Waals surface area contributed by atoms with E-state index < -0.39 is 5.60 Å². The number of nitrogen functional groups attached to an aromatic ring is 1. The number of ether oxygens (including phenoxy) is 1. The first-order valence-electron chi connectivity index (χ1n) is 4.86. The number of aromatic nitrogens is 1. The normalized spacial score (nSPS) is 11.4. The predicted molar refractivity (Wildman–Crippen MR) is 68.5 cm³/mol. The van der Waals surface area contributed by atoms with Gasteiger partial charge in [-0.15, -0.1) is 23.1 Å². The maximum atomic E-state index is 11.4. The number of esters is 1. The highest BCUT2D eigenvalue weighted by Gasteiger charge is 2.15. The fraction of sp³-hybridized carbons (Fsp3) is 0.600. The summed E-state index contributed by atoms with van der Waals surface area (Å²) in [7, 11) is 0. The molecule has 0 radical (unpaired) electrons. The summed E-state index contributed by atoms with van der Waals surface area (Å²) in [5.41, 5.74) is 6.00. The van der Waals surface area contributed by atoms with Gasteiger partial charge in [0.05, 0.1) is 11.4 Å². The zero-order valence-corrected chi connectivity index (χ0v) is 11.3. The second-order valence-electron chi connectivity index (χ2n) is 4.26. The first-order valence-corrected chi connectivity index (χ1v) is 6.90. The van der Waals surface area contributed by atoms with Gasteiger partial charge in [0.15, 0.2) is 5.13 Å². The summed E-state index contributed by atoms with van der Waals surface area (Å²) in [6, 6.07) is 0. The van der Waals surface area contributed by atoms with Crippen LogP contribution in [0.2, 0.25) is 0 Å². The number of rotatable bonds is 4. The lowest BCUT2D eigenvalue weighted by Gasteiger charge is -2.19. The number of nitrogens with two attached hydrogens (primary N) is 1. The Hall–Kier alpha value is -0.750. The Morgan fingerprint density at radius 1 is 1.62 bits per heavy atom. The molecule has 0 aromatic carbocycles. The molecule has 0 saturated carbocycles. The number of thioether (sulfide) groups is 1. The van der Waals surface area contributed by atoms with E-state index in [9.17, 15) is 4.79 Å². The van der Waals surface area contributed by atoms with E-state index in [4.69, 9.17) is 10.5 Å². The summed E-state index contributed by atoms with van der Waals surface area (Å²) >= 11 is 2.89. The highest BCUT2D eigenvalue weighted by atomic mass is 32.2. The van der Waals surface area contributed by atoms with E-state index in [1.165, 1.54) is 23.1 Å². The zero-order valence-electron chi connectivity index (χ0n) is 9.65. The topological polar surface area (TPSA) is 65.2 Å². The molecule has 0 fully saturated rings. The molecule has 1 aromatic heterocycles. The van der Waals surface area contributed by atoms with E-state index in [0.717, 1.165) is 5.69 Å². The van der Waals surface area contributed by atoms with Crippen molar-refractivity contribution in [3.8, 4) is 0 Å². The first kappa shape index (κ1) is 13.3. The largest absolute Gasteiger partial charge is 0.459 e. The minimum Gasteiger partial charge on any atom is -0.459 e. The monoisotopic (exact) mass is 260 g/mol. The van der Waals surface area contributed by atoms with E-state index in [2.05, 4.69) is 4.98 Å². The Morgan fingerprint density at radius 3 is 2.81 bits per heavy atom. The van der Waals surface area contributed by atoms with Gasteiger partial charge in [0, 0.05) is 11.1 Å². The predicted octanol–water partition coefficient (Wildman–Crippen LogP) is 2.30. The summed E-state index contributed by atoms with van der Waals surface area (Å²) in [5, 5.41) is 2.46. The van der Waals surface area contributed by atoms with Crippen LogP contribution in [0.4, 0.5) is 5.13 Å². The SMILES string of the molecule is CC(C)(C)OC(=O)CSCc1csc(N)n1. The van der Waals surface area contributed by atoms with Crippen molar-refractivity contribution in [1.29, 1.82) is 0 Å².